The van der Waals surface area contributed by atoms with Crippen LogP contribution in [0.3, 0.4) is 0 Å². The number of rotatable bonds is 5. The molecule has 0 bridgehead atoms. The van der Waals surface area contributed by atoms with Crippen LogP contribution in [0.5, 0.6) is 5.75 Å². The Kier molecular flexibility index (Phi) is 4.20. The Hall–Kier alpha value is -1.55. The molecule has 0 atom stereocenters. The summed E-state index contributed by atoms with van der Waals surface area (Å²) >= 11 is 0. The van der Waals surface area contributed by atoms with E-state index in [4.69, 9.17) is 14.7 Å². The van der Waals surface area contributed by atoms with E-state index >= 15 is 0 Å². The van der Waals surface area contributed by atoms with Gasteiger partial charge < -0.3 is 14.7 Å². The normalized spacial score (nSPS) is 16.3. The molecule has 4 heteroatoms. The summed E-state index contributed by atoms with van der Waals surface area (Å²) in [4.78, 5) is 0. The van der Waals surface area contributed by atoms with E-state index in [0.29, 0.717) is 13.2 Å². The fourth-order valence-corrected chi connectivity index (χ4v) is 2.08. The third-order valence-electron chi connectivity index (χ3n) is 2.94. The molecule has 0 spiro atoms. The molecule has 1 N–H and O–H groups in total. The summed E-state index contributed by atoms with van der Waals surface area (Å²) in [5, 5.41) is 12.2. The van der Waals surface area contributed by atoms with Gasteiger partial charge in [0.1, 0.15) is 12.4 Å². The predicted octanol–water partition coefficient (Wildman–Crippen LogP) is 2.61. The number of ether oxygens (including phenoxy) is 2. The lowest BCUT2D eigenvalue weighted by Gasteiger charge is -2.10. The van der Waals surface area contributed by atoms with Crippen LogP contribution >= 0.6 is 0 Å². The van der Waals surface area contributed by atoms with Crippen LogP contribution in [0.4, 0.5) is 0 Å². The Bertz CT molecular complexity index is 441. The van der Waals surface area contributed by atoms with Gasteiger partial charge >= 0.3 is 0 Å². The molecule has 1 aliphatic carbocycles. The standard InChI is InChI=1S/C14H19NO3/c1-10(2)17-7-8-18-12-4-5-13-11(9-12)3-6-14(13)15-16/h4-5,9-10,16H,3,6-8H2,1-2H3/b15-14+. The highest BCUT2D eigenvalue weighted by Gasteiger charge is 2.18. The number of benzene rings is 1. The summed E-state index contributed by atoms with van der Waals surface area (Å²) in [5.41, 5.74) is 2.98. The zero-order valence-corrected chi connectivity index (χ0v) is 10.8. The molecule has 1 aromatic carbocycles. The van der Waals surface area contributed by atoms with E-state index in [0.717, 1.165) is 29.9 Å². The van der Waals surface area contributed by atoms with Gasteiger partial charge in [-0.3, -0.25) is 0 Å². The van der Waals surface area contributed by atoms with Gasteiger partial charge in [0.05, 0.1) is 18.4 Å². The SMILES string of the molecule is CC(C)OCCOc1ccc2c(c1)CC/C2=N\O. The predicted molar refractivity (Wildman–Crippen MR) is 69.7 cm³/mol. The first-order valence-corrected chi connectivity index (χ1v) is 6.29. The first-order chi connectivity index (χ1) is 8.70. The van der Waals surface area contributed by atoms with Crippen molar-refractivity contribution in [2.24, 2.45) is 5.16 Å². The molecule has 0 amide bonds. The lowest BCUT2D eigenvalue weighted by Crippen LogP contribution is -2.11. The van der Waals surface area contributed by atoms with Crippen LogP contribution in [0.2, 0.25) is 0 Å². The minimum Gasteiger partial charge on any atom is -0.491 e. The Morgan fingerprint density at radius 1 is 1.28 bits per heavy atom. The summed E-state index contributed by atoms with van der Waals surface area (Å²) in [6.45, 7) is 5.16. The quantitative estimate of drug-likeness (QED) is 0.496. The molecular weight excluding hydrogens is 230 g/mol. The zero-order valence-electron chi connectivity index (χ0n) is 10.8. The highest BCUT2D eigenvalue weighted by atomic mass is 16.5. The molecule has 98 valence electrons. The summed E-state index contributed by atoms with van der Waals surface area (Å²) in [7, 11) is 0. The lowest BCUT2D eigenvalue weighted by molar-refractivity contribution is 0.0552. The van der Waals surface area contributed by atoms with Crippen molar-refractivity contribution in [3.63, 3.8) is 0 Å². The molecule has 0 saturated carbocycles. The van der Waals surface area contributed by atoms with E-state index in [-0.39, 0.29) is 6.10 Å². The largest absolute Gasteiger partial charge is 0.491 e. The van der Waals surface area contributed by atoms with E-state index in [2.05, 4.69) is 5.16 Å². The molecule has 2 rings (SSSR count). The Labute approximate surface area is 107 Å². The van der Waals surface area contributed by atoms with Crippen molar-refractivity contribution < 1.29 is 14.7 Å². The van der Waals surface area contributed by atoms with Gasteiger partial charge in [-0.05, 0) is 50.5 Å². The molecule has 4 nitrogen and oxygen atoms in total. The van der Waals surface area contributed by atoms with Crippen molar-refractivity contribution in [2.75, 3.05) is 13.2 Å². The molecule has 0 aromatic heterocycles. The number of aryl methyl sites for hydroxylation is 1. The van der Waals surface area contributed by atoms with Gasteiger partial charge in [-0.25, -0.2) is 0 Å². The summed E-state index contributed by atoms with van der Waals surface area (Å²) < 4.78 is 11.0. The second-order valence-electron chi connectivity index (χ2n) is 4.63. The van der Waals surface area contributed by atoms with Gasteiger partial charge in [-0.15, -0.1) is 0 Å². The maximum atomic E-state index is 8.85. The minimum atomic E-state index is 0.233. The topological polar surface area (TPSA) is 51.0 Å². The Morgan fingerprint density at radius 2 is 2.11 bits per heavy atom. The van der Waals surface area contributed by atoms with Crippen LogP contribution < -0.4 is 4.74 Å². The highest BCUT2D eigenvalue weighted by Crippen LogP contribution is 2.26. The van der Waals surface area contributed by atoms with Crippen LogP contribution in [0, 0.1) is 0 Å². The van der Waals surface area contributed by atoms with Crippen molar-refractivity contribution >= 4 is 5.71 Å². The summed E-state index contributed by atoms with van der Waals surface area (Å²) in [5.74, 6) is 0.847. The first-order valence-electron chi connectivity index (χ1n) is 6.29. The lowest BCUT2D eigenvalue weighted by atomic mass is 10.1. The number of hydrogen-bond donors (Lipinski definition) is 1. The molecular formula is C14H19NO3. The van der Waals surface area contributed by atoms with E-state index in [1.807, 2.05) is 32.0 Å². The van der Waals surface area contributed by atoms with Crippen molar-refractivity contribution in [3.8, 4) is 5.75 Å². The smallest absolute Gasteiger partial charge is 0.119 e. The third kappa shape index (κ3) is 3.01. The maximum absolute atomic E-state index is 8.85. The van der Waals surface area contributed by atoms with Crippen molar-refractivity contribution in [1.29, 1.82) is 0 Å². The van der Waals surface area contributed by atoms with E-state index in [9.17, 15) is 0 Å². The van der Waals surface area contributed by atoms with Crippen LogP contribution in [-0.4, -0.2) is 30.2 Å². The molecule has 1 aromatic rings. The summed E-state index contributed by atoms with van der Waals surface area (Å²) in [6, 6.07) is 5.88. The van der Waals surface area contributed by atoms with Crippen molar-refractivity contribution in [1.82, 2.24) is 0 Å². The Balaban J connectivity index is 1.92. The molecule has 0 radical (unpaired) electrons. The monoisotopic (exact) mass is 249 g/mol. The van der Waals surface area contributed by atoms with Crippen LogP contribution in [-0.2, 0) is 11.2 Å². The highest BCUT2D eigenvalue weighted by molar-refractivity contribution is 6.04. The van der Waals surface area contributed by atoms with E-state index in [1.54, 1.807) is 0 Å². The van der Waals surface area contributed by atoms with Crippen LogP contribution in [0.1, 0.15) is 31.4 Å². The average Bonchev–Trinajstić information content (AvgIpc) is 2.76. The first kappa shape index (κ1) is 12.9. The molecule has 0 heterocycles. The summed E-state index contributed by atoms with van der Waals surface area (Å²) in [6.07, 6.45) is 1.94. The Morgan fingerprint density at radius 3 is 2.83 bits per heavy atom. The minimum absolute atomic E-state index is 0.233. The van der Waals surface area contributed by atoms with Gasteiger partial charge in [0.2, 0.25) is 0 Å². The second-order valence-corrected chi connectivity index (χ2v) is 4.63. The van der Waals surface area contributed by atoms with Gasteiger partial charge in [-0.1, -0.05) is 5.16 Å². The van der Waals surface area contributed by atoms with Crippen LogP contribution in [0.15, 0.2) is 23.4 Å². The zero-order chi connectivity index (χ0) is 13.0. The van der Waals surface area contributed by atoms with Crippen LogP contribution in [0.25, 0.3) is 0 Å². The van der Waals surface area contributed by atoms with Crippen molar-refractivity contribution in [3.05, 3.63) is 29.3 Å². The fourth-order valence-electron chi connectivity index (χ4n) is 2.08. The van der Waals surface area contributed by atoms with Gasteiger partial charge in [0, 0.05) is 5.56 Å². The molecule has 0 unspecified atom stereocenters. The van der Waals surface area contributed by atoms with Crippen molar-refractivity contribution in [2.45, 2.75) is 32.8 Å². The molecule has 0 aliphatic heterocycles. The van der Waals surface area contributed by atoms with E-state index < -0.39 is 0 Å². The number of fused-ring (bicyclic) bond motifs is 1. The number of nitrogens with zero attached hydrogens (tertiary/aromatic N) is 1. The fraction of sp³-hybridized carbons (Fsp3) is 0.500. The van der Waals surface area contributed by atoms with Gasteiger partial charge in [0.25, 0.3) is 0 Å². The van der Waals surface area contributed by atoms with Gasteiger partial charge in [0.15, 0.2) is 0 Å². The molecule has 0 saturated heterocycles. The third-order valence-corrected chi connectivity index (χ3v) is 2.94. The molecule has 0 fully saturated rings. The number of hydrogen-bond acceptors (Lipinski definition) is 4. The molecule has 1 aliphatic rings. The second kappa shape index (κ2) is 5.87. The average molecular weight is 249 g/mol. The van der Waals surface area contributed by atoms with Gasteiger partial charge in [-0.2, -0.15) is 0 Å². The molecule has 18 heavy (non-hydrogen) atoms. The maximum Gasteiger partial charge on any atom is 0.119 e. The number of oxime groups is 1. The van der Waals surface area contributed by atoms with E-state index in [1.165, 1.54) is 5.56 Å².